The molecule has 0 radical (unpaired) electrons. The van der Waals surface area contributed by atoms with Crippen LogP contribution in [0.2, 0.25) is 0 Å². The molecular weight excluding hydrogens is 315 g/mol. The molecule has 1 amide bonds. The standard InChI is InChI=1S/C15H18F3NO4/c1-14(2,7-6-13(21)22)19-12(20)9-23-11-5-3-4-10(8-11)15(16,17)18/h3-5,8H,6-7,9H2,1-2H3,(H,19,20)(H,21,22). The number of carbonyl (C=O) groups is 2. The average Bonchev–Trinajstić information content (AvgIpc) is 2.42. The fourth-order valence-corrected chi connectivity index (χ4v) is 1.81. The number of alkyl halides is 3. The minimum Gasteiger partial charge on any atom is -0.484 e. The maximum Gasteiger partial charge on any atom is 0.416 e. The van der Waals surface area contributed by atoms with Crippen LogP contribution in [0.25, 0.3) is 0 Å². The smallest absolute Gasteiger partial charge is 0.416 e. The van der Waals surface area contributed by atoms with E-state index in [4.69, 9.17) is 9.84 Å². The van der Waals surface area contributed by atoms with Crippen LogP contribution >= 0.6 is 0 Å². The van der Waals surface area contributed by atoms with Gasteiger partial charge in [0.1, 0.15) is 5.75 Å². The van der Waals surface area contributed by atoms with E-state index in [1.807, 2.05) is 0 Å². The van der Waals surface area contributed by atoms with E-state index < -0.39 is 35.8 Å². The summed E-state index contributed by atoms with van der Waals surface area (Å²) in [6.45, 7) is 2.84. The summed E-state index contributed by atoms with van der Waals surface area (Å²) in [4.78, 5) is 22.3. The number of carboxylic acid groups (broad SMARTS) is 1. The molecule has 8 heteroatoms. The van der Waals surface area contributed by atoms with Crippen molar-refractivity contribution in [3.05, 3.63) is 29.8 Å². The number of aliphatic carboxylic acids is 1. The lowest BCUT2D eigenvalue weighted by molar-refractivity contribution is -0.138. The van der Waals surface area contributed by atoms with Crippen molar-refractivity contribution in [3.63, 3.8) is 0 Å². The number of hydrogen-bond acceptors (Lipinski definition) is 3. The summed E-state index contributed by atoms with van der Waals surface area (Å²) in [6, 6.07) is 4.22. The zero-order valence-electron chi connectivity index (χ0n) is 12.7. The fraction of sp³-hybridized carbons (Fsp3) is 0.467. The highest BCUT2D eigenvalue weighted by Gasteiger charge is 2.30. The van der Waals surface area contributed by atoms with Crippen LogP contribution in [0.4, 0.5) is 13.2 Å². The highest BCUT2D eigenvalue weighted by atomic mass is 19.4. The molecule has 0 atom stereocenters. The molecule has 0 fully saturated rings. The predicted octanol–water partition coefficient (Wildman–Crippen LogP) is 2.84. The molecule has 0 saturated carbocycles. The van der Waals surface area contributed by atoms with Crippen molar-refractivity contribution in [2.75, 3.05) is 6.61 Å². The van der Waals surface area contributed by atoms with Gasteiger partial charge in [0.25, 0.3) is 5.91 Å². The number of halogens is 3. The van der Waals surface area contributed by atoms with Gasteiger partial charge in [-0.3, -0.25) is 9.59 Å². The van der Waals surface area contributed by atoms with E-state index >= 15 is 0 Å². The number of nitrogens with one attached hydrogen (secondary N) is 1. The minimum atomic E-state index is -4.49. The first-order valence-electron chi connectivity index (χ1n) is 6.82. The first-order valence-corrected chi connectivity index (χ1v) is 6.82. The van der Waals surface area contributed by atoms with Crippen molar-refractivity contribution in [3.8, 4) is 5.75 Å². The highest BCUT2D eigenvalue weighted by molar-refractivity contribution is 5.78. The summed E-state index contributed by atoms with van der Waals surface area (Å²) in [5, 5.41) is 11.2. The van der Waals surface area contributed by atoms with Crippen LogP contribution in [-0.4, -0.2) is 29.1 Å². The van der Waals surface area contributed by atoms with Crippen molar-refractivity contribution in [2.45, 2.75) is 38.4 Å². The Balaban J connectivity index is 2.55. The summed E-state index contributed by atoms with van der Waals surface area (Å²) in [5.74, 6) is -1.59. The van der Waals surface area contributed by atoms with Crippen LogP contribution in [0.5, 0.6) is 5.75 Å². The van der Waals surface area contributed by atoms with E-state index in [-0.39, 0.29) is 18.6 Å². The maximum absolute atomic E-state index is 12.6. The van der Waals surface area contributed by atoms with Gasteiger partial charge in [-0.1, -0.05) is 6.07 Å². The van der Waals surface area contributed by atoms with Gasteiger partial charge in [0.2, 0.25) is 0 Å². The molecular formula is C15H18F3NO4. The molecule has 0 aliphatic rings. The van der Waals surface area contributed by atoms with Crippen LogP contribution in [0, 0.1) is 0 Å². The Bertz CT molecular complexity index is 570. The molecule has 0 unspecified atom stereocenters. The fourth-order valence-electron chi connectivity index (χ4n) is 1.81. The van der Waals surface area contributed by atoms with Gasteiger partial charge in [-0.25, -0.2) is 0 Å². The topological polar surface area (TPSA) is 75.6 Å². The van der Waals surface area contributed by atoms with Gasteiger partial charge in [-0.05, 0) is 38.5 Å². The second-order valence-corrected chi connectivity index (χ2v) is 5.64. The number of amides is 1. The largest absolute Gasteiger partial charge is 0.484 e. The Morgan fingerprint density at radius 2 is 1.91 bits per heavy atom. The van der Waals surface area contributed by atoms with Crippen LogP contribution in [0.15, 0.2) is 24.3 Å². The Morgan fingerprint density at radius 1 is 1.26 bits per heavy atom. The van der Waals surface area contributed by atoms with Crippen molar-refractivity contribution >= 4 is 11.9 Å². The molecule has 0 aliphatic heterocycles. The maximum atomic E-state index is 12.6. The number of rotatable bonds is 7. The number of ether oxygens (including phenoxy) is 1. The summed E-state index contributed by atoms with van der Waals surface area (Å²) >= 11 is 0. The monoisotopic (exact) mass is 333 g/mol. The Kier molecular flexibility index (Phi) is 6.00. The van der Waals surface area contributed by atoms with Crippen molar-refractivity contribution in [1.82, 2.24) is 5.32 Å². The third-order valence-corrected chi connectivity index (χ3v) is 2.97. The van der Waals surface area contributed by atoms with Gasteiger partial charge >= 0.3 is 12.1 Å². The molecule has 23 heavy (non-hydrogen) atoms. The van der Waals surface area contributed by atoms with E-state index in [0.29, 0.717) is 0 Å². The molecule has 1 aromatic rings. The number of hydrogen-bond donors (Lipinski definition) is 2. The third-order valence-electron chi connectivity index (χ3n) is 2.97. The van der Waals surface area contributed by atoms with Crippen LogP contribution in [-0.2, 0) is 15.8 Å². The quantitative estimate of drug-likeness (QED) is 0.804. The number of benzene rings is 1. The van der Waals surface area contributed by atoms with Crippen LogP contribution in [0.1, 0.15) is 32.3 Å². The summed E-state index contributed by atoms with van der Waals surface area (Å²) in [7, 11) is 0. The second kappa shape index (κ2) is 7.34. The molecule has 0 heterocycles. The third kappa shape index (κ3) is 7.03. The van der Waals surface area contributed by atoms with E-state index in [2.05, 4.69) is 5.32 Å². The average molecular weight is 333 g/mol. The molecule has 0 aromatic heterocycles. The summed E-state index contributed by atoms with van der Waals surface area (Å²) in [5.41, 5.74) is -1.62. The summed E-state index contributed by atoms with van der Waals surface area (Å²) < 4.78 is 42.7. The molecule has 1 aromatic carbocycles. The van der Waals surface area contributed by atoms with E-state index in [1.165, 1.54) is 12.1 Å². The molecule has 5 nitrogen and oxygen atoms in total. The van der Waals surface area contributed by atoms with Crippen molar-refractivity contribution in [2.24, 2.45) is 0 Å². The van der Waals surface area contributed by atoms with Gasteiger partial charge in [-0.2, -0.15) is 13.2 Å². The SMILES string of the molecule is CC(C)(CCC(=O)O)NC(=O)COc1cccc(C(F)(F)F)c1. The van der Waals surface area contributed by atoms with Crippen molar-refractivity contribution < 1.29 is 32.6 Å². The van der Waals surface area contributed by atoms with E-state index in [0.717, 1.165) is 12.1 Å². The molecule has 0 bridgehead atoms. The lowest BCUT2D eigenvalue weighted by atomic mass is 9.98. The normalized spacial score (nSPS) is 11.9. The highest BCUT2D eigenvalue weighted by Crippen LogP contribution is 2.31. The van der Waals surface area contributed by atoms with Gasteiger partial charge in [0.15, 0.2) is 6.61 Å². The number of carboxylic acids is 1. The van der Waals surface area contributed by atoms with Gasteiger partial charge in [0, 0.05) is 12.0 Å². The van der Waals surface area contributed by atoms with Gasteiger partial charge in [0.05, 0.1) is 5.56 Å². The molecule has 2 N–H and O–H groups in total. The number of carbonyl (C=O) groups excluding carboxylic acids is 1. The first-order chi connectivity index (χ1) is 10.5. The Labute approximate surface area is 131 Å². The molecule has 128 valence electrons. The van der Waals surface area contributed by atoms with Gasteiger partial charge < -0.3 is 15.2 Å². The lowest BCUT2D eigenvalue weighted by Crippen LogP contribution is -2.45. The predicted molar refractivity (Wildman–Crippen MR) is 76.0 cm³/mol. The molecule has 0 aliphatic carbocycles. The van der Waals surface area contributed by atoms with E-state index in [9.17, 15) is 22.8 Å². The second-order valence-electron chi connectivity index (χ2n) is 5.64. The van der Waals surface area contributed by atoms with Crippen LogP contribution in [0.3, 0.4) is 0 Å². The van der Waals surface area contributed by atoms with Crippen LogP contribution < -0.4 is 10.1 Å². The van der Waals surface area contributed by atoms with Gasteiger partial charge in [-0.15, -0.1) is 0 Å². The lowest BCUT2D eigenvalue weighted by Gasteiger charge is -2.25. The Hall–Kier alpha value is -2.25. The minimum absolute atomic E-state index is 0.0710. The molecule has 0 spiro atoms. The molecule has 0 saturated heterocycles. The first kappa shape index (κ1) is 18.8. The van der Waals surface area contributed by atoms with E-state index in [1.54, 1.807) is 13.8 Å². The Morgan fingerprint density at radius 3 is 2.48 bits per heavy atom. The van der Waals surface area contributed by atoms with Crippen molar-refractivity contribution in [1.29, 1.82) is 0 Å². The summed E-state index contributed by atoms with van der Waals surface area (Å²) in [6.07, 6.45) is -4.38. The zero-order chi connectivity index (χ0) is 17.7. The molecule has 1 rings (SSSR count). The zero-order valence-corrected chi connectivity index (χ0v) is 12.7.